The first kappa shape index (κ1) is 21.4. The molecule has 2 heterocycles. The molecule has 0 aliphatic carbocycles. The molecule has 0 bridgehead atoms. The minimum atomic E-state index is -0.829. The second kappa shape index (κ2) is 9.02. The van der Waals surface area contributed by atoms with Crippen LogP contribution in [0.25, 0.3) is 0 Å². The number of fused-ring (bicyclic) bond motifs is 1. The first-order valence-electron chi connectivity index (χ1n) is 10.2. The van der Waals surface area contributed by atoms with Gasteiger partial charge in [0.05, 0.1) is 13.7 Å². The number of amides is 4. The van der Waals surface area contributed by atoms with Crippen molar-refractivity contribution in [1.29, 1.82) is 0 Å². The fourth-order valence-electron chi connectivity index (χ4n) is 3.53. The van der Waals surface area contributed by atoms with Gasteiger partial charge in [-0.05, 0) is 37.5 Å². The Labute approximate surface area is 175 Å². The number of imide groups is 1. The normalized spacial score (nSPS) is 18.7. The van der Waals surface area contributed by atoms with Crippen molar-refractivity contribution < 1.29 is 23.7 Å². The Morgan fingerprint density at radius 2 is 1.87 bits per heavy atom. The molecule has 4 amide bonds. The number of carbonyl (C=O) groups is 3. The molecule has 1 aromatic carbocycles. The smallest absolute Gasteiger partial charge is 0.446 e. The molecule has 1 atom stereocenters. The van der Waals surface area contributed by atoms with Crippen molar-refractivity contribution in [3.63, 3.8) is 0 Å². The highest BCUT2D eigenvalue weighted by Crippen LogP contribution is 2.29. The van der Waals surface area contributed by atoms with E-state index in [4.69, 9.17) is 4.74 Å². The van der Waals surface area contributed by atoms with E-state index in [1.165, 1.54) is 4.58 Å². The average Bonchev–Trinajstić information content (AvgIpc) is 2.75. The molecule has 3 rings (SSSR count). The lowest BCUT2D eigenvalue weighted by molar-refractivity contribution is -0.408. The van der Waals surface area contributed by atoms with Crippen molar-refractivity contribution >= 4 is 35.6 Å². The predicted octanol–water partition coefficient (Wildman–Crippen LogP) is 2.59. The number of anilines is 1. The van der Waals surface area contributed by atoms with E-state index in [0.717, 1.165) is 22.5 Å². The summed E-state index contributed by atoms with van der Waals surface area (Å²) in [5.41, 5.74) is 2.57. The highest BCUT2D eigenvalue weighted by atomic mass is 16.5. The molecule has 0 aromatic heterocycles. The quantitative estimate of drug-likeness (QED) is 0.698. The number of aryl methyl sites for hydroxylation is 1. The van der Waals surface area contributed by atoms with Gasteiger partial charge in [0.15, 0.2) is 12.5 Å². The zero-order valence-electron chi connectivity index (χ0n) is 17.8. The zero-order chi connectivity index (χ0) is 21.8. The number of nitrogens with zero attached hydrogens (tertiary/aromatic N) is 3. The lowest BCUT2D eigenvalue weighted by Crippen LogP contribution is -2.56. The van der Waals surface area contributed by atoms with E-state index in [9.17, 15) is 14.4 Å². The summed E-state index contributed by atoms with van der Waals surface area (Å²) in [7, 11) is 1.54. The Bertz CT molecular complexity index is 960. The van der Waals surface area contributed by atoms with Crippen LogP contribution in [0.15, 0.2) is 40.6 Å². The van der Waals surface area contributed by atoms with E-state index in [2.05, 4.69) is 10.3 Å². The van der Waals surface area contributed by atoms with Crippen LogP contribution in [0.2, 0.25) is 0 Å². The van der Waals surface area contributed by atoms with Crippen LogP contribution in [0, 0.1) is 5.92 Å². The van der Waals surface area contributed by atoms with Crippen molar-refractivity contribution in [1.82, 2.24) is 4.90 Å². The Hall–Kier alpha value is -3.29. The molecule has 0 radical (unpaired) electrons. The second-order valence-corrected chi connectivity index (χ2v) is 7.09. The lowest BCUT2D eigenvalue weighted by Gasteiger charge is -2.29. The van der Waals surface area contributed by atoms with Crippen LogP contribution in [0.4, 0.5) is 10.5 Å². The van der Waals surface area contributed by atoms with Gasteiger partial charge in [0.2, 0.25) is 0 Å². The van der Waals surface area contributed by atoms with Gasteiger partial charge in [0, 0.05) is 11.3 Å². The van der Waals surface area contributed by atoms with Crippen molar-refractivity contribution in [2.45, 2.75) is 33.6 Å². The van der Waals surface area contributed by atoms with Gasteiger partial charge in [0.25, 0.3) is 11.7 Å². The molecule has 158 valence electrons. The molecule has 1 unspecified atom stereocenters. The van der Waals surface area contributed by atoms with E-state index in [1.54, 1.807) is 25.4 Å². The summed E-state index contributed by atoms with van der Waals surface area (Å²) in [6.07, 6.45) is 3.17. The van der Waals surface area contributed by atoms with E-state index >= 15 is 0 Å². The number of benzene rings is 1. The molecular formula is C22H27N4O4+. The fourth-order valence-corrected chi connectivity index (χ4v) is 3.53. The van der Waals surface area contributed by atoms with Crippen LogP contribution in [0.3, 0.4) is 0 Å². The molecule has 0 saturated carbocycles. The molecule has 0 spiro atoms. The number of allylic oxidation sites excluding steroid dienone is 1. The molecule has 1 N–H and O–H groups in total. The maximum absolute atomic E-state index is 13.2. The summed E-state index contributed by atoms with van der Waals surface area (Å²) in [6, 6.07) is 6.86. The standard InChI is InChI=1S/C22H26N4O4/c1-5-14-8-10-16(11-9-14)24-17(27)13-26-21(28)18-19(30-7-3)15(6-2)12-23-20(18)25(4)22(26)29/h8-12,18H,5-7,13H2,1-4H3/p+1. The zero-order valence-corrected chi connectivity index (χ0v) is 17.8. The minimum absolute atomic E-state index is 0.317. The Morgan fingerprint density at radius 1 is 1.17 bits per heavy atom. The van der Waals surface area contributed by atoms with Crippen LogP contribution in [-0.4, -0.2) is 59.6 Å². The van der Waals surface area contributed by atoms with E-state index in [-0.39, 0.29) is 6.54 Å². The van der Waals surface area contributed by atoms with Crippen LogP contribution in [0.1, 0.15) is 32.8 Å². The number of amidine groups is 1. The summed E-state index contributed by atoms with van der Waals surface area (Å²) < 4.78 is 7.07. The number of nitrogens with one attached hydrogen (secondary N) is 1. The van der Waals surface area contributed by atoms with Gasteiger partial charge in [-0.2, -0.15) is 9.48 Å². The van der Waals surface area contributed by atoms with Crippen LogP contribution < -0.4 is 5.32 Å². The molecule has 8 heteroatoms. The van der Waals surface area contributed by atoms with Crippen molar-refractivity contribution in [3.05, 3.63) is 41.2 Å². The maximum Gasteiger partial charge on any atom is 0.446 e. The monoisotopic (exact) mass is 411 g/mol. The first-order valence-corrected chi connectivity index (χ1v) is 10.2. The van der Waals surface area contributed by atoms with Gasteiger partial charge in [-0.15, -0.1) is 4.99 Å². The molecular weight excluding hydrogens is 384 g/mol. The van der Waals surface area contributed by atoms with Gasteiger partial charge in [-0.1, -0.05) is 26.0 Å². The summed E-state index contributed by atoms with van der Waals surface area (Å²) in [5, 5.41) is 2.74. The van der Waals surface area contributed by atoms with Gasteiger partial charge in [-0.3, -0.25) is 9.59 Å². The highest BCUT2D eigenvalue weighted by Gasteiger charge is 2.51. The Morgan fingerprint density at radius 3 is 2.47 bits per heavy atom. The maximum atomic E-state index is 13.2. The van der Waals surface area contributed by atoms with Crippen LogP contribution >= 0.6 is 0 Å². The summed E-state index contributed by atoms with van der Waals surface area (Å²) >= 11 is 0. The van der Waals surface area contributed by atoms with Gasteiger partial charge in [0.1, 0.15) is 12.0 Å². The molecule has 0 fully saturated rings. The summed E-state index contributed by atoms with van der Waals surface area (Å²) in [5.74, 6) is -0.970. The Balaban J connectivity index is 1.84. The average molecular weight is 411 g/mol. The van der Waals surface area contributed by atoms with E-state index < -0.39 is 23.8 Å². The summed E-state index contributed by atoms with van der Waals surface area (Å²) in [4.78, 5) is 43.8. The third-order valence-corrected chi connectivity index (χ3v) is 5.19. The van der Waals surface area contributed by atoms with E-state index in [0.29, 0.717) is 30.3 Å². The number of hydrogen-bond donors (Lipinski definition) is 1. The van der Waals surface area contributed by atoms with Gasteiger partial charge < -0.3 is 10.1 Å². The van der Waals surface area contributed by atoms with Crippen molar-refractivity contribution in [3.8, 4) is 0 Å². The van der Waals surface area contributed by atoms with Crippen LogP contribution in [-0.2, 0) is 20.7 Å². The lowest BCUT2D eigenvalue weighted by atomic mass is 9.94. The van der Waals surface area contributed by atoms with E-state index in [1.807, 2.05) is 32.9 Å². The first-order chi connectivity index (χ1) is 14.4. The summed E-state index contributed by atoms with van der Waals surface area (Å²) in [6.45, 7) is 5.83. The van der Waals surface area contributed by atoms with Crippen molar-refractivity contribution in [2.75, 3.05) is 25.5 Å². The number of carbonyl (C=O) groups excluding carboxylic acids is 3. The molecule has 30 heavy (non-hydrogen) atoms. The SMILES string of the molecule is CCOC1=C(CC)C=NC2=[N+](C)C(=O)N(CC(=O)Nc3ccc(CC)cc3)C(=O)C12. The van der Waals surface area contributed by atoms with Crippen molar-refractivity contribution in [2.24, 2.45) is 10.9 Å². The van der Waals surface area contributed by atoms with Gasteiger partial charge in [-0.25, -0.2) is 4.79 Å². The largest absolute Gasteiger partial charge is 0.496 e. The number of aliphatic imine (C=N–C) groups is 1. The molecule has 0 saturated heterocycles. The number of rotatable bonds is 7. The Kier molecular flexibility index (Phi) is 6.44. The number of ether oxygens (including phenoxy) is 1. The number of hydrogen-bond acceptors (Lipinski definition) is 5. The molecule has 1 aromatic rings. The molecule has 8 nitrogen and oxygen atoms in total. The highest BCUT2D eigenvalue weighted by molar-refractivity contribution is 6.17. The molecule has 2 aliphatic heterocycles. The number of urea groups is 1. The third kappa shape index (κ3) is 4.03. The minimum Gasteiger partial charge on any atom is -0.496 e. The third-order valence-electron chi connectivity index (χ3n) is 5.19. The van der Waals surface area contributed by atoms with Crippen LogP contribution in [0.5, 0.6) is 0 Å². The fraction of sp³-hybridized carbons (Fsp3) is 0.409. The van der Waals surface area contributed by atoms with Gasteiger partial charge >= 0.3 is 11.9 Å². The predicted molar refractivity (Wildman–Crippen MR) is 114 cm³/mol. The molecule has 2 aliphatic rings. The topological polar surface area (TPSA) is 91.1 Å². The number of dihydropyridines is 1. The second-order valence-electron chi connectivity index (χ2n) is 7.09.